The molecule has 3 nitrogen and oxygen atoms in total. The zero-order valence-corrected chi connectivity index (χ0v) is 3.59. The van der Waals surface area contributed by atoms with Gasteiger partial charge >= 0.3 is 16.3 Å². The lowest BCUT2D eigenvalue weighted by atomic mass is 11.6. The molecule has 0 rings (SSSR count). The summed E-state index contributed by atoms with van der Waals surface area (Å²) in [5.74, 6) is 0. The minimum Gasteiger partial charge on any atom is -0.498 e. The third-order valence-corrected chi connectivity index (χ3v) is 0. The summed E-state index contributed by atoms with van der Waals surface area (Å²) in [6.07, 6.45) is 0. The summed E-state index contributed by atoms with van der Waals surface area (Å²) in [6.45, 7) is 0. The van der Waals surface area contributed by atoms with Crippen LogP contribution in [-0.4, -0.2) is 31.7 Å². The Morgan fingerprint density at radius 1 is 1.80 bits per heavy atom. The fourth-order valence-electron chi connectivity index (χ4n) is 0. The van der Waals surface area contributed by atoms with Crippen LogP contribution in [0.4, 0.5) is 4.79 Å². The molecular weight excluding hydrogens is 87.0 g/mol. The first-order valence-corrected chi connectivity index (χ1v) is 1.29. The van der Waals surface area contributed by atoms with Crippen LogP contribution >= 0.6 is 0 Å². The summed E-state index contributed by atoms with van der Waals surface area (Å²) in [7, 11) is 0. The van der Waals surface area contributed by atoms with Crippen LogP contribution in [0, 0.1) is 0 Å². The summed E-state index contributed by atoms with van der Waals surface area (Å²) in [4.78, 5) is 8.05. The lowest BCUT2D eigenvalue weighted by molar-refractivity contribution is 0.220. The highest BCUT2D eigenvalue weighted by Gasteiger charge is 1.65. The Labute approximate surface area is 37.3 Å². The molecule has 0 aromatic carbocycles. The van der Waals surface area contributed by atoms with Crippen molar-refractivity contribution in [2.45, 2.75) is 0 Å². The number of carboxylic acid groups (broad SMARTS) is 1. The molecule has 0 saturated carbocycles. The monoisotopic (exact) mass is 90.0 g/mol. The third-order valence-electron chi connectivity index (χ3n) is 0. The second-order valence-corrected chi connectivity index (χ2v) is 0.832. The largest absolute Gasteiger partial charge is 0.498 e. The van der Waals surface area contributed by atoms with E-state index in [1.165, 1.54) is 0 Å². The van der Waals surface area contributed by atoms with Crippen LogP contribution in [0.2, 0.25) is 0 Å². The van der Waals surface area contributed by atoms with E-state index >= 15 is 0 Å². The summed E-state index contributed by atoms with van der Waals surface area (Å²) in [5, 5.41) is 7.38. The Morgan fingerprint density at radius 2 is 1.80 bits per heavy atom. The maximum atomic E-state index is 8.96. The Bertz CT molecular complexity index is 29.9. The molecule has 0 aromatic rings. The van der Waals surface area contributed by atoms with Gasteiger partial charge in [0.25, 0.3) is 0 Å². The van der Waals surface area contributed by atoms with Crippen molar-refractivity contribution in [3.05, 3.63) is 0 Å². The Morgan fingerprint density at radius 3 is 1.80 bits per heavy atom. The van der Waals surface area contributed by atoms with Crippen molar-refractivity contribution in [2.24, 2.45) is 0 Å². The Balaban J connectivity index is 0. The van der Waals surface area contributed by atoms with Crippen LogP contribution in [0.3, 0.4) is 0 Å². The molecule has 0 aliphatic heterocycles. The van der Waals surface area contributed by atoms with Crippen molar-refractivity contribution in [1.82, 2.24) is 0 Å². The molecule has 0 unspecified atom stereocenters. The summed E-state index contributed by atoms with van der Waals surface area (Å²) in [5.41, 5.74) is 0. The molecule has 2 radical (unpaired) electrons. The van der Waals surface area contributed by atoms with Crippen molar-refractivity contribution in [2.75, 3.05) is 0 Å². The van der Waals surface area contributed by atoms with E-state index in [0.29, 0.717) is 0 Å². The second-order valence-electron chi connectivity index (χ2n) is 0.338. The number of carbonyl (C=O) groups is 1. The molecule has 5 heavy (non-hydrogen) atoms. The fraction of sp³-hybridized carbons (Fsp3) is 0. The van der Waals surface area contributed by atoms with Crippen molar-refractivity contribution in [3.63, 3.8) is 0 Å². The van der Waals surface area contributed by atoms with Gasteiger partial charge in [-0.25, -0.2) is 0 Å². The number of hydrogen-bond donors (Lipinski definition) is 1. The van der Waals surface area contributed by atoms with Gasteiger partial charge in [-0.1, -0.05) is 0 Å². The Hall–Kier alpha value is -0.0375. The molecule has 0 aliphatic rings. The van der Waals surface area contributed by atoms with Gasteiger partial charge in [0, 0.05) is 0 Å². The molecular formula is CH3AlO3. The SMILES string of the molecule is O.O=[C](O)[Al]. The summed E-state index contributed by atoms with van der Waals surface area (Å²) in [6, 6.07) is 0. The third kappa shape index (κ3) is 10800. The summed E-state index contributed by atoms with van der Waals surface area (Å²) >= 11 is 1.57. The van der Waals surface area contributed by atoms with Gasteiger partial charge < -0.3 is 10.6 Å². The molecule has 3 N–H and O–H groups in total. The van der Waals surface area contributed by atoms with Gasteiger partial charge in [0.05, 0.1) is 0 Å². The standard InChI is InChI=1S/CHO2.Al.H2O/c2-1-3;;/h(H,2,3);;1H2. The average molecular weight is 90.0 g/mol. The van der Waals surface area contributed by atoms with Gasteiger partial charge in [-0.3, -0.25) is 4.79 Å². The molecule has 0 fully saturated rings. The second kappa shape index (κ2) is 3.96. The fourth-order valence-corrected chi connectivity index (χ4v) is 0. The molecule has 4 heteroatoms. The first-order valence-electron chi connectivity index (χ1n) is 0.716. The van der Waals surface area contributed by atoms with E-state index in [1.807, 2.05) is 0 Å². The average Bonchev–Trinajstić information content (AvgIpc) is 0.811. The molecule has 0 amide bonds. The van der Waals surface area contributed by atoms with Crippen LogP contribution in [-0.2, 0) is 0 Å². The Kier molecular flexibility index (Phi) is 7.04. The van der Waals surface area contributed by atoms with Crippen molar-refractivity contribution in [3.8, 4) is 0 Å². The van der Waals surface area contributed by atoms with E-state index in [9.17, 15) is 0 Å². The van der Waals surface area contributed by atoms with E-state index in [-0.39, 0.29) is 5.48 Å². The van der Waals surface area contributed by atoms with E-state index < -0.39 is 4.83 Å². The lowest BCUT2D eigenvalue weighted by Crippen LogP contribution is -1.83. The van der Waals surface area contributed by atoms with Crippen molar-refractivity contribution < 1.29 is 15.4 Å². The first kappa shape index (κ1) is 8.88. The highest BCUT2D eigenvalue weighted by Crippen LogP contribution is 1.41. The lowest BCUT2D eigenvalue weighted by Gasteiger charge is -1.62. The van der Waals surface area contributed by atoms with Gasteiger partial charge in [0.15, 0.2) is 4.83 Å². The quantitative estimate of drug-likeness (QED) is 0.388. The minimum absolute atomic E-state index is 0. The highest BCUT2D eigenvalue weighted by molar-refractivity contribution is 6.54. The van der Waals surface area contributed by atoms with E-state index in [4.69, 9.17) is 9.90 Å². The summed E-state index contributed by atoms with van der Waals surface area (Å²) < 4.78 is 0. The van der Waals surface area contributed by atoms with Gasteiger partial charge in [0.1, 0.15) is 0 Å². The van der Waals surface area contributed by atoms with E-state index in [2.05, 4.69) is 0 Å². The maximum absolute atomic E-state index is 8.96. The van der Waals surface area contributed by atoms with Crippen LogP contribution in [0.15, 0.2) is 0 Å². The molecule has 0 heterocycles. The van der Waals surface area contributed by atoms with Crippen LogP contribution < -0.4 is 0 Å². The highest BCUT2D eigenvalue weighted by atomic mass is 27.0. The van der Waals surface area contributed by atoms with Crippen molar-refractivity contribution >= 4 is 21.1 Å². The topological polar surface area (TPSA) is 68.8 Å². The smallest absolute Gasteiger partial charge is 0.317 e. The zero-order chi connectivity index (χ0) is 3.58. The van der Waals surface area contributed by atoms with Crippen molar-refractivity contribution in [1.29, 1.82) is 0 Å². The molecule has 0 spiro atoms. The molecule has 0 saturated heterocycles. The van der Waals surface area contributed by atoms with Gasteiger partial charge in [0.2, 0.25) is 0 Å². The predicted octanol–water partition coefficient (Wildman–Crippen LogP) is -0.992. The van der Waals surface area contributed by atoms with Crippen LogP contribution in [0.1, 0.15) is 0 Å². The normalized spacial score (nSPS) is 4.80. The molecule has 0 aromatic heterocycles. The van der Waals surface area contributed by atoms with Gasteiger partial charge in [-0.2, -0.15) is 0 Å². The molecule has 0 aliphatic carbocycles. The van der Waals surface area contributed by atoms with E-state index in [0.717, 1.165) is 0 Å². The van der Waals surface area contributed by atoms with Crippen LogP contribution in [0.5, 0.6) is 0 Å². The molecule has 28 valence electrons. The zero-order valence-electron chi connectivity index (χ0n) is 2.43. The first-order chi connectivity index (χ1) is 1.73. The van der Waals surface area contributed by atoms with Gasteiger partial charge in [-0.15, -0.1) is 0 Å². The van der Waals surface area contributed by atoms with Gasteiger partial charge in [-0.05, 0) is 0 Å². The van der Waals surface area contributed by atoms with Crippen LogP contribution in [0.25, 0.3) is 0 Å². The predicted molar refractivity (Wildman–Crippen MR) is 17.4 cm³/mol. The van der Waals surface area contributed by atoms with E-state index in [1.54, 1.807) is 16.3 Å². The number of rotatable bonds is 0. The maximum Gasteiger partial charge on any atom is 0.317 e. The molecule has 0 atom stereocenters. The minimum atomic E-state index is -0.917. The molecule has 0 bridgehead atoms. The number of hydrogen-bond acceptors (Lipinski definition) is 1.